The van der Waals surface area contributed by atoms with Gasteiger partial charge in [0.1, 0.15) is 0 Å². The van der Waals surface area contributed by atoms with Gasteiger partial charge >= 0.3 is 5.97 Å². The fraction of sp³-hybridized carbons (Fsp3) is 0.714. The first-order valence-corrected chi connectivity index (χ1v) is 3.85. The summed E-state index contributed by atoms with van der Waals surface area (Å²) in [6, 6.07) is -1.24. The zero-order valence-electron chi connectivity index (χ0n) is 7.60. The Morgan fingerprint density at radius 3 is 2.15 bits per heavy atom. The van der Waals surface area contributed by atoms with E-state index in [1.807, 2.05) is 0 Å². The lowest BCUT2D eigenvalue weighted by Gasteiger charge is -2.24. The highest BCUT2D eigenvalue weighted by atomic mass is 16.5. The summed E-state index contributed by atoms with van der Waals surface area (Å²) in [7, 11) is 0. The number of nitrogens with zero attached hydrogens (tertiary/aromatic N) is 1. The summed E-state index contributed by atoms with van der Waals surface area (Å²) in [5.74, 6) is -2.43. The molecule has 0 bridgehead atoms. The maximum absolute atomic E-state index is 10.8. The average molecular weight is 190 g/mol. The normalized spacial score (nSPS) is 12.7. The van der Waals surface area contributed by atoms with Crippen molar-refractivity contribution in [1.29, 1.82) is 0 Å². The number of carboxylic acid groups (broad SMARTS) is 1. The molecule has 6 nitrogen and oxygen atoms in total. The van der Waals surface area contributed by atoms with E-state index >= 15 is 0 Å². The van der Waals surface area contributed by atoms with E-state index in [0.717, 1.165) is 0 Å². The molecule has 13 heavy (non-hydrogen) atoms. The molecular formula is C7H14N2O4. The van der Waals surface area contributed by atoms with E-state index in [0.29, 0.717) is 0 Å². The predicted octanol–water partition coefficient (Wildman–Crippen LogP) is -0.728. The third kappa shape index (κ3) is 3.00. The van der Waals surface area contributed by atoms with Crippen molar-refractivity contribution in [2.45, 2.75) is 19.9 Å². The molecule has 0 rings (SSSR count). The van der Waals surface area contributed by atoms with Gasteiger partial charge in [-0.2, -0.15) is 0 Å². The lowest BCUT2D eigenvalue weighted by atomic mass is 10.0. The Hall–Kier alpha value is -1.14. The number of rotatable bonds is 4. The van der Waals surface area contributed by atoms with Crippen LogP contribution in [0.25, 0.3) is 0 Å². The molecule has 0 saturated heterocycles. The molecule has 0 spiro atoms. The van der Waals surface area contributed by atoms with Crippen LogP contribution in [0.5, 0.6) is 0 Å². The third-order valence-electron chi connectivity index (χ3n) is 1.58. The molecule has 1 atom stereocenters. The summed E-state index contributed by atoms with van der Waals surface area (Å²) in [6.07, 6.45) is 0. The van der Waals surface area contributed by atoms with Gasteiger partial charge in [0, 0.05) is 0 Å². The molecule has 0 saturated carbocycles. The van der Waals surface area contributed by atoms with Crippen LogP contribution in [0.4, 0.5) is 0 Å². The van der Waals surface area contributed by atoms with E-state index in [1.165, 1.54) is 0 Å². The molecule has 0 unspecified atom stereocenters. The Bertz CT molecular complexity index is 205. The second-order valence-corrected chi connectivity index (χ2v) is 2.97. The molecule has 1 amide bonds. The average Bonchev–Trinajstić information content (AvgIpc) is 2.01. The standard InChI is InChI=1S/C7H14N2O4/c1-4(2)6(7(11)12)9(13)5(10)3-8/h4,6,13H,3,8H2,1-2H3,(H,11,12)/t6-/m0/s1. The van der Waals surface area contributed by atoms with E-state index in [4.69, 9.17) is 16.0 Å². The van der Waals surface area contributed by atoms with Crippen LogP contribution < -0.4 is 5.73 Å². The molecule has 0 fully saturated rings. The zero-order chi connectivity index (χ0) is 10.6. The van der Waals surface area contributed by atoms with Gasteiger partial charge in [-0.1, -0.05) is 13.8 Å². The van der Waals surface area contributed by atoms with Gasteiger partial charge in [0.2, 0.25) is 0 Å². The topological polar surface area (TPSA) is 104 Å². The van der Waals surface area contributed by atoms with Gasteiger partial charge < -0.3 is 10.8 Å². The summed E-state index contributed by atoms with van der Waals surface area (Å²) in [6.45, 7) is 2.77. The van der Waals surface area contributed by atoms with Gasteiger partial charge in [-0.15, -0.1) is 0 Å². The van der Waals surface area contributed by atoms with Crippen LogP contribution in [0.2, 0.25) is 0 Å². The van der Waals surface area contributed by atoms with Crippen molar-refractivity contribution in [3.05, 3.63) is 0 Å². The van der Waals surface area contributed by atoms with Crippen LogP contribution in [0.3, 0.4) is 0 Å². The van der Waals surface area contributed by atoms with Crippen molar-refractivity contribution >= 4 is 11.9 Å². The summed E-state index contributed by atoms with van der Waals surface area (Å²) in [4.78, 5) is 21.5. The number of aliphatic carboxylic acids is 1. The minimum absolute atomic E-state index is 0.174. The quantitative estimate of drug-likeness (QED) is 0.400. The largest absolute Gasteiger partial charge is 0.480 e. The summed E-state index contributed by atoms with van der Waals surface area (Å²) < 4.78 is 0. The van der Waals surface area contributed by atoms with Crippen molar-refractivity contribution in [3.63, 3.8) is 0 Å². The van der Waals surface area contributed by atoms with Crippen molar-refractivity contribution < 1.29 is 19.9 Å². The SMILES string of the molecule is CC(C)[C@@H](C(=O)O)N(O)C(=O)CN. The fourth-order valence-corrected chi connectivity index (χ4v) is 0.921. The van der Waals surface area contributed by atoms with Crippen LogP contribution in [-0.2, 0) is 9.59 Å². The molecule has 0 aliphatic carbocycles. The molecular weight excluding hydrogens is 176 g/mol. The van der Waals surface area contributed by atoms with Gasteiger partial charge in [-0.25, -0.2) is 9.86 Å². The Kier molecular flexibility index (Phi) is 4.36. The first-order chi connectivity index (χ1) is 5.91. The second kappa shape index (κ2) is 4.78. The summed E-state index contributed by atoms with van der Waals surface area (Å²) in [5.41, 5.74) is 4.97. The Balaban J connectivity index is 4.55. The molecule has 0 aliphatic rings. The van der Waals surface area contributed by atoms with E-state index < -0.39 is 24.5 Å². The van der Waals surface area contributed by atoms with Crippen molar-refractivity contribution in [2.75, 3.05) is 6.54 Å². The number of carbonyl (C=O) groups excluding carboxylic acids is 1. The van der Waals surface area contributed by atoms with E-state index in [2.05, 4.69) is 0 Å². The van der Waals surface area contributed by atoms with E-state index in [1.54, 1.807) is 13.8 Å². The van der Waals surface area contributed by atoms with Gasteiger partial charge in [0.05, 0.1) is 6.54 Å². The highest BCUT2D eigenvalue weighted by molar-refractivity contribution is 5.83. The Labute approximate surface area is 75.9 Å². The monoisotopic (exact) mass is 190 g/mol. The fourth-order valence-electron chi connectivity index (χ4n) is 0.921. The van der Waals surface area contributed by atoms with Crippen LogP contribution in [0.15, 0.2) is 0 Å². The number of carboxylic acids is 1. The lowest BCUT2D eigenvalue weighted by Crippen LogP contribution is -2.48. The molecule has 76 valence electrons. The molecule has 0 aromatic heterocycles. The maximum Gasteiger partial charge on any atom is 0.329 e. The minimum atomic E-state index is -1.25. The maximum atomic E-state index is 10.8. The van der Waals surface area contributed by atoms with Crippen molar-refractivity contribution in [3.8, 4) is 0 Å². The second-order valence-electron chi connectivity index (χ2n) is 2.97. The lowest BCUT2D eigenvalue weighted by molar-refractivity contribution is -0.188. The molecule has 0 radical (unpaired) electrons. The van der Waals surface area contributed by atoms with Crippen molar-refractivity contribution in [2.24, 2.45) is 11.7 Å². The first-order valence-electron chi connectivity index (χ1n) is 3.85. The molecule has 6 heteroatoms. The molecule has 0 aliphatic heterocycles. The highest BCUT2D eigenvalue weighted by Crippen LogP contribution is 2.08. The smallest absolute Gasteiger partial charge is 0.329 e. The molecule has 0 heterocycles. The van der Waals surface area contributed by atoms with Crippen LogP contribution in [0.1, 0.15) is 13.8 Å². The van der Waals surface area contributed by atoms with Crippen LogP contribution >= 0.6 is 0 Å². The number of amides is 1. The highest BCUT2D eigenvalue weighted by Gasteiger charge is 2.30. The number of nitrogens with two attached hydrogens (primary N) is 1. The number of hydrogen-bond donors (Lipinski definition) is 3. The third-order valence-corrected chi connectivity index (χ3v) is 1.58. The van der Waals surface area contributed by atoms with Gasteiger partial charge in [0.25, 0.3) is 5.91 Å². The molecule has 0 aromatic carbocycles. The predicted molar refractivity (Wildman–Crippen MR) is 43.9 cm³/mol. The Morgan fingerprint density at radius 2 is 1.92 bits per heavy atom. The Morgan fingerprint density at radius 1 is 1.46 bits per heavy atom. The van der Waals surface area contributed by atoms with Gasteiger partial charge in [0.15, 0.2) is 6.04 Å². The van der Waals surface area contributed by atoms with Crippen LogP contribution in [-0.4, -0.2) is 39.8 Å². The number of hydroxylamine groups is 2. The number of hydrogen-bond acceptors (Lipinski definition) is 4. The minimum Gasteiger partial charge on any atom is -0.480 e. The molecule has 4 N–H and O–H groups in total. The summed E-state index contributed by atoms with van der Waals surface area (Å²) in [5, 5.41) is 18.0. The zero-order valence-corrected chi connectivity index (χ0v) is 7.60. The van der Waals surface area contributed by atoms with Gasteiger partial charge in [-0.3, -0.25) is 10.0 Å². The van der Waals surface area contributed by atoms with Crippen molar-refractivity contribution in [1.82, 2.24) is 5.06 Å². The molecule has 0 aromatic rings. The first kappa shape index (κ1) is 11.9. The van der Waals surface area contributed by atoms with Gasteiger partial charge in [-0.05, 0) is 5.92 Å². The van der Waals surface area contributed by atoms with E-state index in [9.17, 15) is 9.59 Å². The van der Waals surface area contributed by atoms with E-state index in [-0.39, 0.29) is 11.0 Å². The summed E-state index contributed by atoms with van der Waals surface area (Å²) >= 11 is 0. The number of carbonyl (C=O) groups is 2. The van der Waals surface area contributed by atoms with Crippen LogP contribution in [0, 0.1) is 5.92 Å².